The lowest BCUT2D eigenvalue weighted by Crippen LogP contribution is -2.70. The van der Waals surface area contributed by atoms with Gasteiger partial charge in [-0.25, -0.2) is 9.18 Å². The number of aliphatic hydroxyl groups is 1. The van der Waals surface area contributed by atoms with Crippen LogP contribution in [0.15, 0.2) is 23.8 Å². The molecule has 1 N–H and O–H groups in total. The summed E-state index contributed by atoms with van der Waals surface area (Å²) < 4.78 is 39.8. The molecule has 0 radical (unpaired) electrons. The molecule has 3 saturated carbocycles. The van der Waals surface area contributed by atoms with Gasteiger partial charge in [0.05, 0.1) is 18.8 Å². The van der Waals surface area contributed by atoms with Crippen molar-refractivity contribution in [1.29, 1.82) is 0 Å². The van der Waals surface area contributed by atoms with Crippen molar-refractivity contribution in [3.63, 3.8) is 0 Å². The second-order valence-electron chi connectivity index (χ2n) is 11.7. The van der Waals surface area contributed by atoms with Crippen molar-refractivity contribution in [3.05, 3.63) is 23.8 Å². The molecule has 4 aliphatic carbocycles. The summed E-state index contributed by atoms with van der Waals surface area (Å²) in [5.74, 6) is -2.69. The normalized spacial score (nSPS) is 46.2. The van der Waals surface area contributed by atoms with Crippen molar-refractivity contribution in [2.45, 2.75) is 89.6 Å². The average Bonchev–Trinajstić information content (AvgIpc) is 3.20. The molecule has 9 heteroatoms. The number of rotatable bonds is 4. The van der Waals surface area contributed by atoms with Crippen molar-refractivity contribution in [2.24, 2.45) is 22.7 Å². The molecule has 0 bridgehead atoms. The van der Waals surface area contributed by atoms with E-state index >= 15 is 4.39 Å². The molecule has 0 aromatic heterocycles. The van der Waals surface area contributed by atoms with E-state index in [-0.39, 0.29) is 24.7 Å². The van der Waals surface area contributed by atoms with E-state index in [1.807, 2.05) is 6.92 Å². The van der Waals surface area contributed by atoms with Crippen LogP contribution < -0.4 is 0 Å². The molecule has 1 heterocycles. The number of ether oxygens (including phenoxy) is 4. The molecule has 1 aliphatic heterocycles. The van der Waals surface area contributed by atoms with Crippen molar-refractivity contribution in [1.82, 2.24) is 0 Å². The van der Waals surface area contributed by atoms with E-state index in [1.54, 1.807) is 33.8 Å². The molecular formula is C27H35FO8. The maximum atomic E-state index is 17.4. The Bertz CT molecular complexity index is 1070. The zero-order valence-corrected chi connectivity index (χ0v) is 21.5. The van der Waals surface area contributed by atoms with Crippen LogP contribution in [-0.4, -0.2) is 65.3 Å². The molecule has 0 aromatic carbocycles. The fraction of sp³-hybridized carbons (Fsp3) is 0.741. The van der Waals surface area contributed by atoms with E-state index in [2.05, 4.69) is 0 Å². The fourth-order valence-electron chi connectivity index (χ4n) is 8.20. The number of hydrogen-bond donors (Lipinski definition) is 1. The monoisotopic (exact) mass is 506 g/mol. The summed E-state index contributed by atoms with van der Waals surface area (Å²) in [6, 6.07) is 0. The van der Waals surface area contributed by atoms with Gasteiger partial charge in [-0.05, 0) is 71.4 Å². The smallest absolute Gasteiger partial charge is 0.435 e. The minimum Gasteiger partial charge on any atom is -0.435 e. The highest BCUT2D eigenvalue weighted by Crippen LogP contribution is 2.72. The van der Waals surface area contributed by atoms with Gasteiger partial charge in [-0.15, -0.1) is 0 Å². The number of carbonyl (C=O) groups is 3. The topological polar surface area (TPSA) is 108 Å². The van der Waals surface area contributed by atoms with Gasteiger partial charge in [0.2, 0.25) is 5.78 Å². The van der Waals surface area contributed by atoms with E-state index in [4.69, 9.17) is 18.9 Å². The lowest BCUT2D eigenvalue weighted by Gasteiger charge is -2.62. The highest BCUT2D eigenvalue weighted by Gasteiger charge is 2.80. The van der Waals surface area contributed by atoms with Crippen molar-refractivity contribution < 1.29 is 42.8 Å². The van der Waals surface area contributed by atoms with E-state index in [0.29, 0.717) is 24.8 Å². The molecule has 4 fully saturated rings. The molecule has 2 unspecified atom stereocenters. The van der Waals surface area contributed by atoms with Crippen LogP contribution in [0.25, 0.3) is 0 Å². The number of aliphatic hydroxyl groups excluding tert-OH is 1. The van der Waals surface area contributed by atoms with E-state index in [9.17, 15) is 19.5 Å². The van der Waals surface area contributed by atoms with Crippen LogP contribution in [0.1, 0.15) is 60.3 Å². The minimum absolute atomic E-state index is 0.0452. The standard InChI is InChI=1S/C27H35FO8/c1-6-33-22(32)34-14-20(31)27-21(35-23(2,3)36-27)12-18-17-8-7-15-11-16(29)9-10-24(15,4)26(17,28)19(30)13-25(18,27)5/h9-11,17-19,21,30H,6-8,12-14H2,1-5H3/t17?,18?,19-,21+,24-,25-,26-,27+/m0/s1. The van der Waals surface area contributed by atoms with Gasteiger partial charge in [-0.1, -0.05) is 18.6 Å². The van der Waals surface area contributed by atoms with Gasteiger partial charge < -0.3 is 24.1 Å². The van der Waals surface area contributed by atoms with Crippen LogP contribution in [0.4, 0.5) is 9.18 Å². The molecule has 5 aliphatic rings. The number of fused-ring (bicyclic) bond motifs is 7. The molecule has 8 atom stereocenters. The number of ketones is 2. The lowest BCUT2D eigenvalue weighted by atomic mass is 9.44. The molecule has 8 nitrogen and oxygen atoms in total. The van der Waals surface area contributed by atoms with Crippen molar-refractivity contribution >= 4 is 17.7 Å². The second-order valence-corrected chi connectivity index (χ2v) is 11.7. The Morgan fingerprint density at radius 3 is 2.61 bits per heavy atom. The Labute approximate surface area is 210 Å². The first kappa shape index (κ1) is 25.5. The van der Waals surface area contributed by atoms with Gasteiger partial charge in [0, 0.05) is 16.7 Å². The van der Waals surface area contributed by atoms with Crippen LogP contribution >= 0.6 is 0 Å². The Balaban J connectivity index is 1.55. The number of carbonyl (C=O) groups excluding carboxylic acids is 3. The Morgan fingerprint density at radius 2 is 1.92 bits per heavy atom. The van der Waals surface area contributed by atoms with Gasteiger partial charge in [0.25, 0.3) is 0 Å². The van der Waals surface area contributed by atoms with Crippen molar-refractivity contribution in [2.75, 3.05) is 13.2 Å². The maximum Gasteiger partial charge on any atom is 0.508 e. The summed E-state index contributed by atoms with van der Waals surface area (Å²) in [6.45, 7) is 8.20. The third-order valence-electron chi connectivity index (χ3n) is 9.63. The number of alkyl halides is 1. The summed E-state index contributed by atoms with van der Waals surface area (Å²) in [5, 5.41) is 11.5. The number of hydrogen-bond acceptors (Lipinski definition) is 8. The van der Waals surface area contributed by atoms with E-state index < -0.39 is 64.6 Å². The molecule has 36 heavy (non-hydrogen) atoms. The molecule has 5 rings (SSSR count). The Morgan fingerprint density at radius 1 is 1.19 bits per heavy atom. The number of allylic oxidation sites excluding steroid dienone is 4. The van der Waals surface area contributed by atoms with Gasteiger partial charge in [-0.3, -0.25) is 9.59 Å². The van der Waals surface area contributed by atoms with Crippen LogP contribution in [0, 0.1) is 22.7 Å². The van der Waals surface area contributed by atoms with Crippen LogP contribution in [0.3, 0.4) is 0 Å². The number of halogens is 1. The summed E-state index contributed by atoms with van der Waals surface area (Å²) in [6.07, 6.45) is 2.67. The fourth-order valence-corrected chi connectivity index (χ4v) is 8.20. The van der Waals surface area contributed by atoms with Gasteiger partial charge in [0.1, 0.15) is 0 Å². The second kappa shape index (κ2) is 7.95. The minimum atomic E-state index is -2.03. The molecule has 0 spiro atoms. The summed E-state index contributed by atoms with van der Waals surface area (Å²) in [4.78, 5) is 37.7. The zero-order chi connectivity index (χ0) is 26.3. The summed E-state index contributed by atoms with van der Waals surface area (Å²) >= 11 is 0. The predicted molar refractivity (Wildman–Crippen MR) is 124 cm³/mol. The first-order chi connectivity index (χ1) is 16.7. The van der Waals surface area contributed by atoms with E-state index in [1.165, 1.54) is 12.2 Å². The van der Waals surface area contributed by atoms with Gasteiger partial charge in [-0.2, -0.15) is 0 Å². The Kier molecular flexibility index (Phi) is 5.64. The summed E-state index contributed by atoms with van der Waals surface area (Å²) in [5.41, 5.74) is -4.97. The van der Waals surface area contributed by atoms with Gasteiger partial charge >= 0.3 is 6.16 Å². The third kappa shape index (κ3) is 3.11. The predicted octanol–water partition coefficient (Wildman–Crippen LogP) is 3.60. The highest BCUT2D eigenvalue weighted by molar-refractivity contribution is 6.01. The molecule has 1 saturated heterocycles. The average molecular weight is 507 g/mol. The Hall–Kier alpha value is -2.10. The zero-order valence-electron chi connectivity index (χ0n) is 21.5. The first-order valence-corrected chi connectivity index (χ1v) is 12.8. The highest BCUT2D eigenvalue weighted by atomic mass is 19.1. The SMILES string of the molecule is CCOC(=O)OCC(=O)[C@@]12OC(C)(C)O[C@@H]1CC1C3CCC4=CC(=O)C=C[C@]4(C)[C@@]3(F)[C@@H](O)C[C@@]12C. The molecular weight excluding hydrogens is 471 g/mol. The molecule has 0 aromatic rings. The first-order valence-electron chi connectivity index (χ1n) is 12.8. The largest absolute Gasteiger partial charge is 0.508 e. The van der Waals surface area contributed by atoms with E-state index in [0.717, 1.165) is 0 Å². The van der Waals surface area contributed by atoms with Crippen LogP contribution in [0.5, 0.6) is 0 Å². The van der Waals surface area contributed by atoms with Crippen LogP contribution in [-0.2, 0) is 28.5 Å². The lowest BCUT2D eigenvalue weighted by molar-refractivity contribution is -0.246. The quantitative estimate of drug-likeness (QED) is 0.577. The number of Topliss-reactive ketones (excluding diaryl/α,β-unsaturated/α-hetero) is 1. The summed E-state index contributed by atoms with van der Waals surface area (Å²) in [7, 11) is 0. The van der Waals surface area contributed by atoms with Gasteiger partial charge in [0.15, 0.2) is 29.4 Å². The molecule has 0 amide bonds. The van der Waals surface area contributed by atoms with Crippen LogP contribution in [0.2, 0.25) is 0 Å². The molecule has 198 valence electrons. The third-order valence-corrected chi connectivity index (χ3v) is 9.63. The van der Waals surface area contributed by atoms with Crippen molar-refractivity contribution in [3.8, 4) is 0 Å². The maximum absolute atomic E-state index is 17.4.